The molecule has 0 saturated heterocycles. The summed E-state index contributed by atoms with van der Waals surface area (Å²) in [6.45, 7) is 5.11. The Hall–Kier alpha value is -2.89. The van der Waals surface area contributed by atoms with Crippen LogP contribution in [0, 0.1) is 5.82 Å². The lowest BCUT2D eigenvalue weighted by Gasteiger charge is -2.43. The summed E-state index contributed by atoms with van der Waals surface area (Å²) in [4.78, 5) is 0. The van der Waals surface area contributed by atoms with E-state index in [2.05, 4.69) is 11.4 Å². The van der Waals surface area contributed by atoms with Crippen LogP contribution in [-0.2, 0) is 22.6 Å². The lowest BCUT2D eigenvalue weighted by Crippen LogP contribution is -2.50. The van der Waals surface area contributed by atoms with Crippen molar-refractivity contribution < 1.29 is 18.6 Å². The fraction of sp³-hybridized carbons (Fsp3) is 0.308. The van der Waals surface area contributed by atoms with Crippen molar-refractivity contribution in [2.24, 2.45) is 0 Å². The van der Waals surface area contributed by atoms with Crippen molar-refractivity contribution in [3.63, 3.8) is 0 Å². The topological polar surface area (TPSA) is 39.7 Å². The number of fused-ring (bicyclic) bond motifs is 1. The smallest absolute Gasteiger partial charge is 0.132 e. The summed E-state index contributed by atoms with van der Waals surface area (Å²) in [6, 6.07) is 22.6. The van der Waals surface area contributed by atoms with Crippen molar-refractivity contribution in [2.45, 2.75) is 44.8 Å². The molecule has 2 unspecified atom stereocenters. The van der Waals surface area contributed by atoms with Crippen LogP contribution in [-0.4, -0.2) is 18.8 Å². The first-order valence-corrected chi connectivity index (χ1v) is 10.5. The monoisotopic (exact) mass is 421 g/mol. The summed E-state index contributed by atoms with van der Waals surface area (Å²) in [5.41, 5.74) is 3.46. The van der Waals surface area contributed by atoms with Gasteiger partial charge in [0.15, 0.2) is 0 Å². The molecule has 0 bridgehead atoms. The number of rotatable bonds is 7. The Morgan fingerprint density at radius 3 is 2.42 bits per heavy atom. The Labute approximate surface area is 183 Å². The molecule has 1 heterocycles. The van der Waals surface area contributed by atoms with Gasteiger partial charge in [-0.25, -0.2) is 4.39 Å². The van der Waals surface area contributed by atoms with E-state index < -0.39 is 5.60 Å². The minimum absolute atomic E-state index is 0.235. The van der Waals surface area contributed by atoms with Gasteiger partial charge in [0.2, 0.25) is 0 Å². The molecule has 2 atom stereocenters. The first kappa shape index (κ1) is 21.3. The van der Waals surface area contributed by atoms with Gasteiger partial charge < -0.3 is 19.5 Å². The predicted molar refractivity (Wildman–Crippen MR) is 120 cm³/mol. The molecule has 5 heteroatoms. The van der Waals surface area contributed by atoms with Crippen LogP contribution in [0.4, 0.5) is 10.1 Å². The lowest BCUT2D eigenvalue weighted by molar-refractivity contribution is -0.153. The molecule has 0 aromatic heterocycles. The number of methoxy groups -OCH3 is 1. The van der Waals surface area contributed by atoms with E-state index in [4.69, 9.17) is 14.2 Å². The molecular formula is C26H28FNO3. The lowest BCUT2D eigenvalue weighted by atomic mass is 9.88. The zero-order valence-corrected chi connectivity index (χ0v) is 18.1. The molecule has 0 saturated carbocycles. The summed E-state index contributed by atoms with van der Waals surface area (Å²) >= 11 is 0. The highest BCUT2D eigenvalue weighted by Gasteiger charge is 2.45. The van der Waals surface area contributed by atoms with Gasteiger partial charge in [-0.1, -0.05) is 42.5 Å². The minimum Gasteiger partial charge on any atom is -0.485 e. The third-order valence-electron chi connectivity index (χ3n) is 5.59. The van der Waals surface area contributed by atoms with Gasteiger partial charge in [0.1, 0.15) is 29.4 Å². The molecule has 0 amide bonds. The van der Waals surface area contributed by atoms with Gasteiger partial charge in [0.25, 0.3) is 0 Å². The van der Waals surface area contributed by atoms with Crippen molar-refractivity contribution >= 4 is 5.69 Å². The van der Waals surface area contributed by atoms with E-state index in [1.165, 1.54) is 12.1 Å². The molecule has 4 rings (SSSR count). The van der Waals surface area contributed by atoms with Crippen molar-refractivity contribution in [2.75, 3.05) is 12.4 Å². The molecule has 0 fully saturated rings. The maximum atomic E-state index is 13.1. The molecular weight excluding hydrogens is 393 g/mol. The van der Waals surface area contributed by atoms with Gasteiger partial charge in [-0.05, 0) is 55.3 Å². The van der Waals surface area contributed by atoms with Crippen LogP contribution in [0.2, 0.25) is 0 Å². The molecule has 3 aromatic carbocycles. The quantitative estimate of drug-likeness (QED) is 0.517. The van der Waals surface area contributed by atoms with Crippen LogP contribution in [0.1, 0.15) is 36.6 Å². The molecule has 0 radical (unpaired) electrons. The van der Waals surface area contributed by atoms with Crippen molar-refractivity contribution in [3.8, 4) is 5.75 Å². The van der Waals surface area contributed by atoms with Crippen molar-refractivity contribution in [1.82, 2.24) is 0 Å². The fourth-order valence-corrected chi connectivity index (χ4v) is 3.99. The Kier molecular flexibility index (Phi) is 6.25. The van der Waals surface area contributed by atoms with E-state index in [0.29, 0.717) is 13.2 Å². The molecule has 1 aliphatic heterocycles. The predicted octanol–water partition coefficient (Wildman–Crippen LogP) is 5.88. The Morgan fingerprint density at radius 1 is 0.968 bits per heavy atom. The van der Waals surface area contributed by atoms with Gasteiger partial charge in [-0.2, -0.15) is 0 Å². The summed E-state index contributed by atoms with van der Waals surface area (Å²) in [5.74, 6) is 0.560. The van der Waals surface area contributed by atoms with Crippen LogP contribution in [0.5, 0.6) is 5.75 Å². The molecule has 31 heavy (non-hydrogen) atoms. The summed E-state index contributed by atoms with van der Waals surface area (Å²) in [6.07, 6.45) is -0.549. The number of hydrogen-bond donors (Lipinski definition) is 1. The number of benzene rings is 3. The highest BCUT2D eigenvalue weighted by atomic mass is 19.1. The number of ether oxygens (including phenoxy) is 3. The summed E-state index contributed by atoms with van der Waals surface area (Å²) in [5, 5.41) is 3.40. The van der Waals surface area contributed by atoms with Crippen LogP contribution in [0.25, 0.3) is 0 Å². The molecule has 0 aliphatic carbocycles. The minimum atomic E-state index is -0.536. The van der Waals surface area contributed by atoms with Crippen LogP contribution >= 0.6 is 0 Å². The Bertz CT molecular complexity index is 1000. The molecule has 1 aliphatic rings. The van der Waals surface area contributed by atoms with E-state index in [1.54, 1.807) is 19.2 Å². The van der Waals surface area contributed by atoms with Crippen LogP contribution in [0.3, 0.4) is 0 Å². The normalized spacial score (nSPS) is 19.4. The van der Waals surface area contributed by atoms with E-state index in [1.807, 2.05) is 56.3 Å². The first-order chi connectivity index (χ1) is 15.0. The van der Waals surface area contributed by atoms with Gasteiger partial charge in [0.05, 0.1) is 6.61 Å². The highest BCUT2D eigenvalue weighted by molar-refractivity contribution is 5.54. The Morgan fingerprint density at radius 2 is 1.71 bits per heavy atom. The zero-order chi connectivity index (χ0) is 21.8. The second-order valence-electron chi connectivity index (χ2n) is 8.31. The molecule has 3 aromatic rings. The standard InChI is InChI=1S/C26H28FNO3/c1-26(2)25(29-3)24(30-17-19-7-5-4-6-8-19)22-15-21(13-14-23(22)31-26)28-16-18-9-11-20(27)12-10-18/h4-15,24-25,28H,16-17H2,1-3H3. The van der Waals surface area contributed by atoms with Gasteiger partial charge in [0, 0.05) is 24.9 Å². The van der Waals surface area contributed by atoms with E-state index in [0.717, 1.165) is 28.1 Å². The van der Waals surface area contributed by atoms with E-state index in [9.17, 15) is 4.39 Å². The SMILES string of the molecule is COC1C(OCc2ccccc2)c2cc(NCc3ccc(F)cc3)ccc2OC1(C)C. The second-order valence-corrected chi connectivity index (χ2v) is 8.31. The van der Waals surface area contributed by atoms with Gasteiger partial charge >= 0.3 is 0 Å². The van der Waals surface area contributed by atoms with Gasteiger partial charge in [-0.3, -0.25) is 0 Å². The van der Waals surface area contributed by atoms with Crippen molar-refractivity contribution in [3.05, 3.63) is 95.3 Å². The third-order valence-corrected chi connectivity index (χ3v) is 5.59. The maximum absolute atomic E-state index is 13.1. The molecule has 4 nitrogen and oxygen atoms in total. The Balaban J connectivity index is 1.57. The summed E-state index contributed by atoms with van der Waals surface area (Å²) < 4.78 is 31.6. The average molecular weight is 422 g/mol. The summed E-state index contributed by atoms with van der Waals surface area (Å²) in [7, 11) is 1.69. The third kappa shape index (κ3) is 4.89. The molecule has 162 valence electrons. The largest absolute Gasteiger partial charge is 0.485 e. The second kappa shape index (κ2) is 9.08. The van der Waals surface area contributed by atoms with E-state index >= 15 is 0 Å². The fourth-order valence-electron chi connectivity index (χ4n) is 3.99. The van der Waals surface area contributed by atoms with Crippen LogP contribution < -0.4 is 10.1 Å². The molecule has 1 N–H and O–H groups in total. The first-order valence-electron chi connectivity index (χ1n) is 10.5. The number of hydrogen-bond acceptors (Lipinski definition) is 4. The van der Waals surface area contributed by atoms with Crippen molar-refractivity contribution in [1.29, 1.82) is 0 Å². The number of halogens is 1. The number of nitrogens with one attached hydrogen (secondary N) is 1. The van der Waals surface area contributed by atoms with Gasteiger partial charge in [-0.15, -0.1) is 0 Å². The zero-order valence-electron chi connectivity index (χ0n) is 18.1. The van der Waals surface area contributed by atoms with E-state index in [-0.39, 0.29) is 18.0 Å². The average Bonchev–Trinajstić information content (AvgIpc) is 2.77. The number of anilines is 1. The highest BCUT2D eigenvalue weighted by Crippen LogP contribution is 2.44. The molecule has 0 spiro atoms. The maximum Gasteiger partial charge on any atom is 0.132 e. The van der Waals surface area contributed by atoms with Crippen LogP contribution in [0.15, 0.2) is 72.8 Å².